The fraction of sp³-hybridized carbons (Fsp3) is 0.571. The molecule has 1 atom stereocenters. The van der Waals surface area contributed by atoms with E-state index in [0.29, 0.717) is 29.2 Å². The number of pyridine rings is 1. The summed E-state index contributed by atoms with van der Waals surface area (Å²) in [5.41, 5.74) is 0.534. The summed E-state index contributed by atoms with van der Waals surface area (Å²) >= 11 is 5.69. The Kier molecular flexibility index (Phi) is 6.25. The van der Waals surface area contributed by atoms with Crippen molar-refractivity contribution < 1.29 is 4.79 Å². The topological polar surface area (TPSA) is 45.2 Å². The number of hydrogen-bond acceptors (Lipinski definition) is 3. The molecule has 106 valence electrons. The summed E-state index contributed by atoms with van der Waals surface area (Å²) in [6.45, 7) is 5.00. The summed E-state index contributed by atoms with van der Waals surface area (Å²) in [5.74, 6) is 0.487. The Bertz CT molecular complexity index is 404. The number of nitrogens with zero attached hydrogens (tertiary/aromatic N) is 2. The lowest BCUT2D eigenvalue weighted by Gasteiger charge is -2.26. The molecule has 1 N–H and O–H groups in total. The molecule has 1 rings (SSSR count). The molecule has 1 aromatic rings. The van der Waals surface area contributed by atoms with E-state index in [0.717, 1.165) is 6.42 Å². The summed E-state index contributed by atoms with van der Waals surface area (Å²) in [5, 5.41) is 3.33. The van der Waals surface area contributed by atoms with Crippen LogP contribution in [0.25, 0.3) is 0 Å². The van der Waals surface area contributed by atoms with Gasteiger partial charge in [-0.3, -0.25) is 4.79 Å². The van der Waals surface area contributed by atoms with Gasteiger partial charge in [0, 0.05) is 18.8 Å². The van der Waals surface area contributed by atoms with Crippen molar-refractivity contribution in [3.05, 3.63) is 29.0 Å². The summed E-state index contributed by atoms with van der Waals surface area (Å²) in [6.07, 6.45) is 2.54. The van der Waals surface area contributed by atoms with Crippen LogP contribution >= 0.6 is 11.6 Å². The van der Waals surface area contributed by atoms with Crippen LogP contribution < -0.4 is 5.32 Å². The Morgan fingerprint density at radius 3 is 2.58 bits per heavy atom. The number of halogens is 1. The van der Waals surface area contributed by atoms with Gasteiger partial charge in [0.15, 0.2) is 0 Å². The summed E-state index contributed by atoms with van der Waals surface area (Å²) in [6, 6.07) is 3.63. The van der Waals surface area contributed by atoms with Crippen LogP contribution in [0.15, 0.2) is 18.3 Å². The van der Waals surface area contributed by atoms with E-state index in [2.05, 4.69) is 29.0 Å². The molecule has 0 bridgehead atoms. The first kappa shape index (κ1) is 15.9. The number of carbonyl (C=O) groups excluding carboxylic acids is 1. The summed E-state index contributed by atoms with van der Waals surface area (Å²) in [7, 11) is 4.06. The molecule has 0 aliphatic rings. The molecule has 0 saturated heterocycles. The van der Waals surface area contributed by atoms with E-state index in [1.807, 2.05) is 14.1 Å². The Balaban J connectivity index is 2.54. The molecule has 19 heavy (non-hydrogen) atoms. The van der Waals surface area contributed by atoms with Gasteiger partial charge < -0.3 is 10.2 Å². The van der Waals surface area contributed by atoms with Crippen molar-refractivity contribution in [1.29, 1.82) is 0 Å². The van der Waals surface area contributed by atoms with Crippen LogP contribution in [0.4, 0.5) is 0 Å². The minimum Gasteiger partial charge on any atom is -0.350 e. The Morgan fingerprint density at radius 1 is 1.42 bits per heavy atom. The summed E-state index contributed by atoms with van der Waals surface area (Å²) in [4.78, 5) is 18.0. The molecular weight excluding hydrogens is 262 g/mol. The molecule has 0 aliphatic carbocycles. The van der Waals surface area contributed by atoms with E-state index < -0.39 is 0 Å². The first-order valence-corrected chi connectivity index (χ1v) is 6.84. The maximum Gasteiger partial charge on any atom is 0.252 e. The predicted molar refractivity (Wildman–Crippen MR) is 78.5 cm³/mol. The van der Waals surface area contributed by atoms with E-state index in [4.69, 9.17) is 11.6 Å². The van der Waals surface area contributed by atoms with Crippen molar-refractivity contribution in [2.75, 3.05) is 20.6 Å². The van der Waals surface area contributed by atoms with E-state index in [1.165, 1.54) is 6.20 Å². The van der Waals surface area contributed by atoms with Gasteiger partial charge in [0.25, 0.3) is 5.91 Å². The van der Waals surface area contributed by atoms with Gasteiger partial charge in [0.1, 0.15) is 5.15 Å². The zero-order valence-electron chi connectivity index (χ0n) is 12.0. The molecule has 1 heterocycles. The second-order valence-corrected chi connectivity index (χ2v) is 5.71. The van der Waals surface area contributed by atoms with Crippen molar-refractivity contribution in [2.45, 2.75) is 26.3 Å². The number of rotatable bonds is 6. The fourth-order valence-electron chi connectivity index (χ4n) is 1.84. The zero-order chi connectivity index (χ0) is 14.4. The van der Waals surface area contributed by atoms with Crippen LogP contribution in [0, 0.1) is 5.92 Å². The normalized spacial score (nSPS) is 12.8. The number of carbonyl (C=O) groups is 1. The smallest absolute Gasteiger partial charge is 0.252 e. The standard InChI is InChI=1S/C14H22ClN3O/c1-10(2)7-12(18(3)4)9-17-14(19)11-5-6-13(15)16-8-11/h5-6,8,10,12H,7,9H2,1-4H3,(H,17,19). The Labute approximate surface area is 120 Å². The third-order valence-electron chi connectivity index (χ3n) is 2.96. The van der Waals surface area contributed by atoms with Crippen molar-refractivity contribution >= 4 is 17.5 Å². The number of hydrogen-bond donors (Lipinski definition) is 1. The van der Waals surface area contributed by atoms with Crippen LogP contribution in [-0.2, 0) is 0 Å². The average Bonchev–Trinajstić information content (AvgIpc) is 2.34. The van der Waals surface area contributed by atoms with Gasteiger partial charge in [-0.15, -0.1) is 0 Å². The van der Waals surface area contributed by atoms with Crippen LogP contribution in [0.1, 0.15) is 30.6 Å². The Hall–Kier alpha value is -1.13. The molecule has 0 aromatic carbocycles. The monoisotopic (exact) mass is 283 g/mol. The fourth-order valence-corrected chi connectivity index (χ4v) is 1.96. The minimum atomic E-state index is -0.111. The molecule has 0 spiro atoms. The maximum atomic E-state index is 12.0. The number of likely N-dealkylation sites (N-methyl/N-ethyl adjacent to an activating group) is 1. The lowest BCUT2D eigenvalue weighted by atomic mass is 10.0. The zero-order valence-corrected chi connectivity index (χ0v) is 12.7. The van der Waals surface area contributed by atoms with Crippen molar-refractivity contribution in [2.24, 2.45) is 5.92 Å². The van der Waals surface area contributed by atoms with Crippen molar-refractivity contribution in [3.8, 4) is 0 Å². The van der Waals surface area contributed by atoms with Gasteiger partial charge in [0.2, 0.25) is 0 Å². The molecule has 1 aromatic heterocycles. The highest BCUT2D eigenvalue weighted by atomic mass is 35.5. The van der Waals surface area contributed by atoms with Gasteiger partial charge in [-0.1, -0.05) is 25.4 Å². The predicted octanol–water partition coefficient (Wildman–Crippen LogP) is 2.44. The number of amides is 1. The molecule has 4 nitrogen and oxygen atoms in total. The van der Waals surface area contributed by atoms with Gasteiger partial charge in [-0.25, -0.2) is 4.98 Å². The van der Waals surface area contributed by atoms with Crippen LogP contribution in [0.2, 0.25) is 5.15 Å². The van der Waals surface area contributed by atoms with Gasteiger partial charge in [-0.2, -0.15) is 0 Å². The van der Waals surface area contributed by atoms with E-state index in [-0.39, 0.29) is 5.91 Å². The lowest BCUT2D eigenvalue weighted by molar-refractivity contribution is 0.0938. The van der Waals surface area contributed by atoms with Crippen LogP contribution in [0.3, 0.4) is 0 Å². The highest BCUT2D eigenvalue weighted by Crippen LogP contribution is 2.09. The molecule has 1 unspecified atom stereocenters. The third kappa shape index (κ3) is 5.57. The second kappa shape index (κ2) is 7.46. The molecular formula is C14H22ClN3O. The quantitative estimate of drug-likeness (QED) is 0.816. The number of aromatic nitrogens is 1. The SMILES string of the molecule is CC(C)CC(CNC(=O)c1ccc(Cl)nc1)N(C)C. The minimum absolute atomic E-state index is 0.111. The van der Waals surface area contributed by atoms with E-state index in [1.54, 1.807) is 12.1 Å². The highest BCUT2D eigenvalue weighted by molar-refractivity contribution is 6.29. The Morgan fingerprint density at radius 2 is 2.11 bits per heavy atom. The van der Waals surface area contributed by atoms with Gasteiger partial charge >= 0.3 is 0 Å². The molecule has 0 radical (unpaired) electrons. The molecule has 0 saturated carbocycles. The second-order valence-electron chi connectivity index (χ2n) is 5.33. The van der Waals surface area contributed by atoms with Crippen molar-refractivity contribution in [3.63, 3.8) is 0 Å². The van der Waals surface area contributed by atoms with Gasteiger partial charge in [0.05, 0.1) is 5.56 Å². The maximum absolute atomic E-state index is 12.0. The first-order chi connectivity index (χ1) is 8.90. The summed E-state index contributed by atoms with van der Waals surface area (Å²) < 4.78 is 0. The highest BCUT2D eigenvalue weighted by Gasteiger charge is 2.15. The number of nitrogens with one attached hydrogen (secondary N) is 1. The average molecular weight is 284 g/mol. The lowest BCUT2D eigenvalue weighted by Crippen LogP contribution is -2.41. The first-order valence-electron chi connectivity index (χ1n) is 6.46. The third-order valence-corrected chi connectivity index (χ3v) is 3.19. The van der Waals surface area contributed by atoms with E-state index >= 15 is 0 Å². The molecule has 5 heteroatoms. The molecule has 0 aliphatic heterocycles. The van der Waals surface area contributed by atoms with Crippen LogP contribution in [-0.4, -0.2) is 42.5 Å². The molecule has 1 amide bonds. The largest absolute Gasteiger partial charge is 0.350 e. The van der Waals surface area contributed by atoms with Crippen molar-refractivity contribution in [1.82, 2.24) is 15.2 Å². The van der Waals surface area contributed by atoms with Crippen LogP contribution in [0.5, 0.6) is 0 Å². The van der Waals surface area contributed by atoms with Gasteiger partial charge in [-0.05, 0) is 38.6 Å². The van der Waals surface area contributed by atoms with E-state index in [9.17, 15) is 4.79 Å². The molecule has 0 fully saturated rings.